The number of amides is 5. The Morgan fingerprint density at radius 3 is 2.25 bits per heavy atom. The molecule has 5 amide bonds. The Balaban J connectivity index is 2.91. The molecular weight excluding hydrogens is 264 g/mol. The third kappa shape index (κ3) is 3.06. The van der Waals surface area contributed by atoms with Crippen LogP contribution in [-0.2, 0) is 14.4 Å². The Labute approximate surface area is 117 Å². The molecule has 0 spiro atoms. The highest BCUT2D eigenvalue weighted by molar-refractivity contribution is 6.06. The van der Waals surface area contributed by atoms with Gasteiger partial charge >= 0.3 is 6.03 Å². The highest BCUT2D eigenvalue weighted by Gasteiger charge is 2.43. The van der Waals surface area contributed by atoms with E-state index in [-0.39, 0.29) is 24.9 Å². The minimum absolute atomic E-state index is 0.214. The topological polar surface area (TPSA) is 104 Å². The summed E-state index contributed by atoms with van der Waals surface area (Å²) in [5.74, 6) is -1.75. The van der Waals surface area contributed by atoms with E-state index >= 15 is 0 Å². The third-order valence-electron chi connectivity index (χ3n) is 3.13. The van der Waals surface area contributed by atoms with E-state index in [9.17, 15) is 19.2 Å². The van der Waals surface area contributed by atoms with Crippen LogP contribution in [0.15, 0.2) is 0 Å². The molecule has 1 heterocycles. The van der Waals surface area contributed by atoms with Gasteiger partial charge in [0.1, 0.15) is 19.1 Å². The zero-order valence-electron chi connectivity index (χ0n) is 12.1. The quantitative estimate of drug-likeness (QED) is 0.643. The van der Waals surface area contributed by atoms with Crippen LogP contribution < -0.4 is 5.73 Å². The van der Waals surface area contributed by atoms with Crippen molar-refractivity contribution in [1.82, 2.24) is 14.7 Å². The monoisotopic (exact) mass is 284 g/mol. The first-order valence-electron chi connectivity index (χ1n) is 6.27. The van der Waals surface area contributed by atoms with E-state index in [4.69, 9.17) is 5.73 Å². The van der Waals surface area contributed by atoms with Gasteiger partial charge in [0.05, 0.1) is 0 Å². The Morgan fingerprint density at radius 1 is 1.30 bits per heavy atom. The minimum atomic E-state index is -0.856. The Hall–Kier alpha value is -2.12. The van der Waals surface area contributed by atoms with Gasteiger partial charge in [0.15, 0.2) is 0 Å². The van der Waals surface area contributed by atoms with E-state index in [2.05, 4.69) is 0 Å². The van der Waals surface area contributed by atoms with Crippen molar-refractivity contribution in [3.05, 3.63) is 0 Å². The van der Waals surface area contributed by atoms with Gasteiger partial charge in [-0.25, -0.2) is 4.79 Å². The second-order valence-corrected chi connectivity index (χ2v) is 5.27. The van der Waals surface area contributed by atoms with E-state index in [1.54, 1.807) is 13.8 Å². The zero-order valence-corrected chi connectivity index (χ0v) is 12.1. The minimum Gasteiger partial charge on any atom is -0.368 e. The molecule has 1 atom stereocenters. The molecule has 0 aromatic rings. The fourth-order valence-corrected chi connectivity index (χ4v) is 2.05. The maximum Gasteiger partial charge on any atom is 0.328 e. The number of hydrogen-bond donors (Lipinski definition) is 1. The van der Waals surface area contributed by atoms with Gasteiger partial charge in [-0.3, -0.25) is 19.3 Å². The summed E-state index contributed by atoms with van der Waals surface area (Å²) in [6.45, 7) is 2.91. The van der Waals surface area contributed by atoms with Crippen molar-refractivity contribution in [3.8, 4) is 0 Å². The second-order valence-electron chi connectivity index (χ2n) is 5.27. The maximum absolute atomic E-state index is 12.2. The Kier molecular flexibility index (Phi) is 4.69. The molecule has 0 aliphatic carbocycles. The number of hydrogen-bond acceptors (Lipinski definition) is 4. The van der Waals surface area contributed by atoms with Gasteiger partial charge < -0.3 is 15.5 Å². The predicted molar refractivity (Wildman–Crippen MR) is 70.3 cm³/mol. The largest absolute Gasteiger partial charge is 0.368 e. The molecule has 1 unspecified atom stereocenters. The van der Waals surface area contributed by atoms with Crippen LogP contribution in [0.3, 0.4) is 0 Å². The lowest BCUT2D eigenvalue weighted by atomic mass is 10.0. The standard InChI is InChI=1S/C12H20N4O4/c1-7(2)10(11(13)19)16-6-9(18)15(12(16)20)5-8(17)14(3)4/h7,10H,5-6H2,1-4H3,(H2,13,19). The number of urea groups is 1. The number of rotatable bonds is 5. The lowest BCUT2D eigenvalue weighted by Crippen LogP contribution is -2.50. The Bertz CT molecular complexity index is 447. The average molecular weight is 284 g/mol. The summed E-state index contributed by atoms with van der Waals surface area (Å²) in [6.07, 6.45) is 0. The van der Waals surface area contributed by atoms with Crippen molar-refractivity contribution >= 4 is 23.8 Å². The van der Waals surface area contributed by atoms with Gasteiger partial charge in [-0.1, -0.05) is 13.8 Å². The van der Waals surface area contributed by atoms with Crippen LogP contribution in [-0.4, -0.2) is 71.7 Å². The van der Waals surface area contributed by atoms with Gasteiger partial charge in [-0.05, 0) is 5.92 Å². The average Bonchev–Trinajstić information content (AvgIpc) is 2.56. The third-order valence-corrected chi connectivity index (χ3v) is 3.13. The summed E-state index contributed by atoms with van der Waals surface area (Å²) in [6, 6.07) is -1.51. The first-order valence-corrected chi connectivity index (χ1v) is 6.27. The summed E-state index contributed by atoms with van der Waals surface area (Å²) < 4.78 is 0. The van der Waals surface area contributed by atoms with Crippen molar-refractivity contribution < 1.29 is 19.2 Å². The molecule has 0 aromatic heterocycles. The fourth-order valence-electron chi connectivity index (χ4n) is 2.05. The number of nitrogens with zero attached hydrogens (tertiary/aromatic N) is 3. The van der Waals surface area contributed by atoms with Gasteiger partial charge in [0.25, 0.3) is 5.91 Å². The fraction of sp³-hybridized carbons (Fsp3) is 0.667. The highest BCUT2D eigenvalue weighted by atomic mass is 16.2. The summed E-state index contributed by atoms with van der Waals surface area (Å²) in [4.78, 5) is 50.3. The number of carbonyl (C=O) groups is 4. The lowest BCUT2D eigenvalue weighted by Gasteiger charge is -2.27. The van der Waals surface area contributed by atoms with Crippen LogP contribution in [0.4, 0.5) is 4.79 Å². The van der Waals surface area contributed by atoms with Crippen LogP contribution in [0.25, 0.3) is 0 Å². The molecule has 2 N–H and O–H groups in total. The molecule has 1 aliphatic heterocycles. The van der Waals surface area contributed by atoms with Crippen molar-refractivity contribution in [2.75, 3.05) is 27.2 Å². The summed E-state index contributed by atoms with van der Waals surface area (Å²) in [7, 11) is 3.07. The van der Waals surface area contributed by atoms with Gasteiger partial charge in [-0.2, -0.15) is 0 Å². The van der Waals surface area contributed by atoms with Gasteiger partial charge in [-0.15, -0.1) is 0 Å². The van der Waals surface area contributed by atoms with Crippen LogP contribution in [0.5, 0.6) is 0 Å². The summed E-state index contributed by atoms with van der Waals surface area (Å²) in [5, 5.41) is 0. The van der Waals surface area contributed by atoms with E-state index < -0.39 is 23.9 Å². The first kappa shape index (κ1) is 15.9. The van der Waals surface area contributed by atoms with Crippen molar-refractivity contribution in [2.24, 2.45) is 11.7 Å². The molecule has 8 nitrogen and oxygen atoms in total. The van der Waals surface area contributed by atoms with Crippen molar-refractivity contribution in [3.63, 3.8) is 0 Å². The van der Waals surface area contributed by atoms with Gasteiger partial charge in [0.2, 0.25) is 11.8 Å². The number of likely N-dealkylation sites (N-methyl/N-ethyl adjacent to an activating group) is 1. The predicted octanol–water partition coefficient (Wildman–Crippen LogP) is -1.15. The van der Waals surface area contributed by atoms with Crippen molar-refractivity contribution in [2.45, 2.75) is 19.9 Å². The molecule has 0 saturated carbocycles. The van der Waals surface area contributed by atoms with Crippen LogP contribution >= 0.6 is 0 Å². The zero-order chi connectivity index (χ0) is 15.6. The molecule has 0 aromatic carbocycles. The summed E-state index contributed by atoms with van der Waals surface area (Å²) in [5.41, 5.74) is 5.28. The van der Waals surface area contributed by atoms with Crippen LogP contribution in [0, 0.1) is 5.92 Å². The molecule has 1 fully saturated rings. The second kappa shape index (κ2) is 5.89. The van der Waals surface area contributed by atoms with E-state index in [0.717, 1.165) is 9.80 Å². The molecule has 1 rings (SSSR count). The molecule has 112 valence electrons. The number of primary amides is 1. The molecule has 1 aliphatic rings. The molecule has 1 saturated heterocycles. The molecular formula is C12H20N4O4. The SMILES string of the molecule is CC(C)C(C(N)=O)N1CC(=O)N(CC(=O)N(C)C)C1=O. The van der Waals surface area contributed by atoms with Gasteiger partial charge in [0, 0.05) is 14.1 Å². The van der Waals surface area contributed by atoms with E-state index in [1.165, 1.54) is 19.0 Å². The normalized spacial score (nSPS) is 16.9. The number of nitrogens with two attached hydrogens (primary N) is 1. The van der Waals surface area contributed by atoms with Crippen LogP contribution in [0.1, 0.15) is 13.8 Å². The van der Waals surface area contributed by atoms with Crippen LogP contribution in [0.2, 0.25) is 0 Å². The molecule has 0 radical (unpaired) electrons. The lowest BCUT2D eigenvalue weighted by molar-refractivity contribution is -0.134. The number of imide groups is 1. The van der Waals surface area contributed by atoms with E-state index in [1.807, 2.05) is 0 Å². The number of carbonyl (C=O) groups excluding carboxylic acids is 4. The highest BCUT2D eigenvalue weighted by Crippen LogP contribution is 2.18. The molecule has 20 heavy (non-hydrogen) atoms. The van der Waals surface area contributed by atoms with Crippen molar-refractivity contribution in [1.29, 1.82) is 0 Å². The molecule has 0 bridgehead atoms. The Morgan fingerprint density at radius 2 is 1.85 bits per heavy atom. The maximum atomic E-state index is 12.2. The smallest absolute Gasteiger partial charge is 0.328 e. The first-order chi connectivity index (χ1) is 9.16. The summed E-state index contributed by atoms with van der Waals surface area (Å²) >= 11 is 0. The van der Waals surface area contributed by atoms with E-state index in [0.29, 0.717) is 0 Å². The molecule has 8 heteroatoms.